The van der Waals surface area contributed by atoms with Gasteiger partial charge in [-0.1, -0.05) is 48.2 Å². The zero-order valence-electron chi connectivity index (χ0n) is 18.7. The van der Waals surface area contributed by atoms with Crippen LogP contribution < -0.4 is 10.2 Å². The Bertz CT molecular complexity index is 1350. The zero-order chi connectivity index (χ0) is 24.6. The molecule has 0 saturated heterocycles. The van der Waals surface area contributed by atoms with Gasteiger partial charge in [-0.2, -0.15) is 5.10 Å². The van der Waals surface area contributed by atoms with E-state index < -0.39 is 5.97 Å². The summed E-state index contributed by atoms with van der Waals surface area (Å²) in [5.74, 6) is -0.0391. The Morgan fingerprint density at radius 3 is 2.46 bits per heavy atom. The van der Waals surface area contributed by atoms with Crippen molar-refractivity contribution in [1.82, 2.24) is 20.2 Å². The van der Waals surface area contributed by atoms with Crippen LogP contribution in [0.3, 0.4) is 0 Å². The van der Waals surface area contributed by atoms with E-state index in [0.717, 1.165) is 17.0 Å². The number of carboxylic acid groups (broad SMARTS) is 1. The number of carboxylic acids is 1. The lowest BCUT2D eigenvalue weighted by Crippen LogP contribution is -2.20. The maximum atomic E-state index is 12.4. The van der Waals surface area contributed by atoms with Gasteiger partial charge in [0.2, 0.25) is 0 Å². The third kappa shape index (κ3) is 5.74. The van der Waals surface area contributed by atoms with Gasteiger partial charge in [0.15, 0.2) is 11.0 Å². The summed E-state index contributed by atoms with van der Waals surface area (Å²) in [6.45, 7) is 0. The van der Waals surface area contributed by atoms with Gasteiger partial charge in [-0.05, 0) is 42.5 Å². The van der Waals surface area contributed by atoms with E-state index in [9.17, 15) is 14.7 Å². The number of methoxy groups -OCH3 is 1. The van der Waals surface area contributed by atoms with E-state index in [2.05, 4.69) is 20.7 Å². The number of aromatic nitrogens is 3. The number of hydrogen-bond acceptors (Lipinski definition) is 7. The Morgan fingerprint density at radius 2 is 1.74 bits per heavy atom. The van der Waals surface area contributed by atoms with E-state index in [1.54, 1.807) is 25.3 Å². The quantitative estimate of drug-likeness (QED) is 0.209. The smallest absolute Gasteiger partial charge is 0.336 e. The number of amides is 1. The van der Waals surface area contributed by atoms with E-state index in [1.165, 1.54) is 24.0 Å². The fraction of sp³-hybridized carbons (Fsp3) is 0.0800. The van der Waals surface area contributed by atoms with Crippen molar-refractivity contribution < 1.29 is 19.4 Å². The van der Waals surface area contributed by atoms with Crippen molar-refractivity contribution in [2.75, 3.05) is 12.9 Å². The monoisotopic (exact) mass is 487 g/mol. The largest absolute Gasteiger partial charge is 0.497 e. The summed E-state index contributed by atoms with van der Waals surface area (Å²) in [5.41, 5.74) is 4.62. The fourth-order valence-corrected chi connectivity index (χ4v) is 3.99. The Morgan fingerprint density at radius 1 is 1.03 bits per heavy atom. The number of hydrogen-bond donors (Lipinski definition) is 2. The normalized spacial score (nSPS) is 10.9. The van der Waals surface area contributed by atoms with Gasteiger partial charge in [0.05, 0.1) is 24.6 Å². The summed E-state index contributed by atoms with van der Waals surface area (Å²) in [6, 6.07) is 23.5. The topological polar surface area (TPSA) is 119 Å². The van der Waals surface area contributed by atoms with Crippen LogP contribution in [-0.2, 0) is 4.79 Å². The molecule has 0 unspecified atom stereocenters. The maximum Gasteiger partial charge on any atom is 0.336 e. The van der Waals surface area contributed by atoms with Crippen LogP contribution in [0.1, 0.15) is 15.9 Å². The van der Waals surface area contributed by atoms with Gasteiger partial charge in [-0.3, -0.25) is 9.36 Å². The molecular formula is C25H21N5O4S. The molecule has 4 aromatic rings. The number of nitrogens with one attached hydrogen (secondary N) is 1. The number of carbonyl (C=O) groups is 2. The van der Waals surface area contributed by atoms with E-state index in [4.69, 9.17) is 4.74 Å². The van der Waals surface area contributed by atoms with Crippen LogP contribution in [-0.4, -0.2) is 50.8 Å². The Labute approximate surface area is 205 Å². The van der Waals surface area contributed by atoms with Crippen molar-refractivity contribution in [3.63, 3.8) is 0 Å². The molecule has 0 aliphatic carbocycles. The van der Waals surface area contributed by atoms with Gasteiger partial charge in [0, 0.05) is 16.8 Å². The molecule has 2 N–H and O–H groups in total. The third-order valence-corrected chi connectivity index (χ3v) is 5.84. The molecule has 0 aliphatic heterocycles. The van der Waals surface area contributed by atoms with Crippen molar-refractivity contribution in [3.05, 3.63) is 90.0 Å². The lowest BCUT2D eigenvalue weighted by molar-refractivity contribution is -0.118. The summed E-state index contributed by atoms with van der Waals surface area (Å²) in [7, 11) is 1.61. The highest BCUT2D eigenvalue weighted by molar-refractivity contribution is 7.99. The fourth-order valence-electron chi connectivity index (χ4n) is 3.24. The highest BCUT2D eigenvalue weighted by atomic mass is 32.2. The van der Waals surface area contributed by atoms with Crippen molar-refractivity contribution >= 4 is 29.9 Å². The van der Waals surface area contributed by atoms with Crippen LogP contribution in [0, 0.1) is 0 Å². The number of para-hydroxylation sites is 1. The first kappa shape index (κ1) is 23.7. The molecule has 4 rings (SSSR count). The molecule has 1 amide bonds. The first-order valence-electron chi connectivity index (χ1n) is 10.5. The number of ether oxygens (including phenoxy) is 1. The second-order valence-electron chi connectivity index (χ2n) is 7.18. The third-order valence-electron chi connectivity index (χ3n) is 4.91. The summed E-state index contributed by atoms with van der Waals surface area (Å²) >= 11 is 1.21. The highest BCUT2D eigenvalue weighted by Gasteiger charge is 2.17. The van der Waals surface area contributed by atoms with Crippen LogP contribution in [0.4, 0.5) is 0 Å². The summed E-state index contributed by atoms with van der Waals surface area (Å²) < 4.78 is 7.12. The number of nitrogens with zero attached hydrogens (tertiary/aromatic N) is 4. The summed E-state index contributed by atoms with van der Waals surface area (Å²) in [5, 5.41) is 22.3. The Kier molecular flexibility index (Phi) is 7.53. The van der Waals surface area contributed by atoms with Gasteiger partial charge >= 0.3 is 5.97 Å². The summed E-state index contributed by atoms with van der Waals surface area (Å²) in [6.07, 6.45) is 1.31. The van der Waals surface area contributed by atoms with E-state index in [-0.39, 0.29) is 17.2 Å². The number of benzene rings is 3. The molecule has 176 valence electrons. The van der Waals surface area contributed by atoms with Crippen LogP contribution in [0.25, 0.3) is 17.1 Å². The molecule has 1 aromatic heterocycles. The minimum Gasteiger partial charge on any atom is -0.497 e. The van der Waals surface area contributed by atoms with Crippen LogP contribution in [0.15, 0.2) is 89.1 Å². The van der Waals surface area contributed by atoms with Crippen LogP contribution in [0.5, 0.6) is 5.75 Å². The number of hydrazone groups is 1. The molecule has 0 saturated carbocycles. The lowest BCUT2D eigenvalue weighted by atomic mass is 10.1. The molecule has 1 heterocycles. The minimum atomic E-state index is -1.07. The molecule has 0 spiro atoms. The standard InChI is InChI=1S/C25H21N5O4S/c1-34-20-13-11-17(12-14-20)23-28-29-25(30(23)19-8-3-2-4-9-19)35-16-22(31)27-26-15-18-7-5-6-10-21(18)24(32)33/h2-15H,16H2,1H3,(H,27,31)(H,32,33)/b26-15-. The SMILES string of the molecule is COc1ccc(-c2nnc(SCC(=O)N/N=C\c3ccccc3C(=O)O)n2-c2ccccc2)cc1. The molecule has 0 fully saturated rings. The average molecular weight is 488 g/mol. The Balaban J connectivity index is 1.50. The van der Waals surface area contributed by atoms with Gasteiger partial charge in [-0.15, -0.1) is 10.2 Å². The van der Waals surface area contributed by atoms with Gasteiger partial charge in [0.25, 0.3) is 5.91 Å². The minimum absolute atomic E-state index is 0.0332. The number of aromatic carboxylic acids is 1. The van der Waals surface area contributed by atoms with E-state index >= 15 is 0 Å². The molecule has 9 nitrogen and oxygen atoms in total. The number of rotatable bonds is 9. The maximum absolute atomic E-state index is 12.4. The van der Waals surface area contributed by atoms with Crippen LogP contribution in [0.2, 0.25) is 0 Å². The second-order valence-corrected chi connectivity index (χ2v) is 8.12. The zero-order valence-corrected chi connectivity index (χ0v) is 19.5. The van der Waals surface area contributed by atoms with E-state index in [1.807, 2.05) is 59.2 Å². The molecule has 0 radical (unpaired) electrons. The number of carbonyl (C=O) groups excluding carboxylic acids is 1. The van der Waals surface area contributed by atoms with Gasteiger partial charge in [-0.25, -0.2) is 10.2 Å². The van der Waals surface area contributed by atoms with Crippen molar-refractivity contribution in [2.45, 2.75) is 5.16 Å². The Hall–Kier alpha value is -4.44. The van der Waals surface area contributed by atoms with Crippen molar-refractivity contribution in [1.29, 1.82) is 0 Å². The number of thioether (sulfide) groups is 1. The van der Waals surface area contributed by atoms with Crippen molar-refractivity contribution in [3.8, 4) is 22.8 Å². The highest BCUT2D eigenvalue weighted by Crippen LogP contribution is 2.28. The molecule has 0 bridgehead atoms. The van der Waals surface area contributed by atoms with Crippen molar-refractivity contribution in [2.24, 2.45) is 5.10 Å². The molecule has 3 aromatic carbocycles. The predicted molar refractivity (Wildman–Crippen MR) is 133 cm³/mol. The molecule has 0 aliphatic rings. The molecular weight excluding hydrogens is 466 g/mol. The molecule has 35 heavy (non-hydrogen) atoms. The second kappa shape index (κ2) is 11.1. The van der Waals surface area contributed by atoms with Gasteiger partial charge in [0.1, 0.15) is 5.75 Å². The first-order chi connectivity index (χ1) is 17.1. The average Bonchev–Trinajstić information content (AvgIpc) is 3.32. The van der Waals surface area contributed by atoms with E-state index in [0.29, 0.717) is 16.5 Å². The summed E-state index contributed by atoms with van der Waals surface area (Å²) in [4.78, 5) is 23.7. The van der Waals surface area contributed by atoms with Crippen LogP contribution >= 0.6 is 11.8 Å². The molecule has 10 heteroatoms. The van der Waals surface area contributed by atoms with Gasteiger partial charge < -0.3 is 9.84 Å². The molecule has 0 atom stereocenters. The predicted octanol–water partition coefficient (Wildman–Crippen LogP) is 3.88. The first-order valence-corrected chi connectivity index (χ1v) is 11.5. The lowest BCUT2D eigenvalue weighted by Gasteiger charge is -2.10.